The van der Waals surface area contributed by atoms with Crippen LogP contribution in [0.25, 0.3) is 22.1 Å². The Kier molecular flexibility index (Phi) is 5.65. The van der Waals surface area contributed by atoms with E-state index in [1.165, 1.54) is 0 Å². The molecule has 0 bridgehead atoms. The Morgan fingerprint density at radius 2 is 1.94 bits per heavy atom. The lowest BCUT2D eigenvalue weighted by Crippen LogP contribution is -2.32. The van der Waals surface area contributed by atoms with E-state index in [-0.39, 0.29) is 24.2 Å². The number of furan rings is 1. The van der Waals surface area contributed by atoms with Crippen LogP contribution in [-0.2, 0) is 4.74 Å². The van der Waals surface area contributed by atoms with Gasteiger partial charge in [0.15, 0.2) is 22.7 Å². The molecule has 186 valence electrons. The second-order valence-corrected chi connectivity index (χ2v) is 9.30. The lowest BCUT2D eigenvalue weighted by molar-refractivity contribution is 0.00166. The van der Waals surface area contributed by atoms with E-state index >= 15 is 0 Å². The van der Waals surface area contributed by atoms with Gasteiger partial charge in [-0.2, -0.15) is 0 Å². The zero-order chi connectivity index (χ0) is 25.0. The molecule has 7 atom stereocenters. The van der Waals surface area contributed by atoms with E-state index in [1.807, 2.05) is 41.9 Å². The van der Waals surface area contributed by atoms with Crippen LogP contribution in [0.1, 0.15) is 31.0 Å². The summed E-state index contributed by atoms with van der Waals surface area (Å²) >= 11 is 0. The Morgan fingerprint density at radius 1 is 1.11 bits per heavy atom. The van der Waals surface area contributed by atoms with Crippen LogP contribution < -0.4 is 10.6 Å². The molecule has 3 aromatic heterocycles. The van der Waals surface area contributed by atoms with Crippen LogP contribution in [0.4, 0.5) is 5.82 Å². The number of aliphatic hydroxyl groups excluding tert-OH is 2. The maximum Gasteiger partial charge on any atom is 0.209 e. The van der Waals surface area contributed by atoms with Gasteiger partial charge in [0, 0.05) is 24.4 Å². The standard InChI is InChI=1S/C26H28N6O4/c1-4-15-18(23-26(28-3)36-23)21(33)22(34)20(15)32-12-29-19-24(27-2)30-17(31-25(19)32)10-9-14-11-13-7-5-6-8-16(13)35-14/h5-8,11-12,15,18,20-23,26,28,33-34H,4H2,1-3H3,(H,27,30,31)/t15?,18-,20+,21+,22-,23?,26-/m0/s1. The minimum Gasteiger partial charge on any atom is -0.448 e. The number of hydrogen-bond acceptors (Lipinski definition) is 9. The fourth-order valence-corrected chi connectivity index (χ4v) is 5.66. The van der Waals surface area contributed by atoms with E-state index in [1.54, 1.807) is 13.4 Å². The van der Waals surface area contributed by atoms with E-state index in [9.17, 15) is 10.2 Å². The summed E-state index contributed by atoms with van der Waals surface area (Å²) in [4.78, 5) is 13.8. The molecule has 0 spiro atoms. The number of imidazole rings is 1. The van der Waals surface area contributed by atoms with Crippen molar-refractivity contribution in [3.63, 3.8) is 0 Å². The molecule has 1 saturated carbocycles. The molecule has 0 radical (unpaired) electrons. The molecule has 1 aliphatic heterocycles. The molecule has 10 heteroatoms. The van der Waals surface area contributed by atoms with Crippen LogP contribution in [0.3, 0.4) is 0 Å². The SMILES string of the molecule is CCC1[C@H](C2O[C@@H]2NC)[C@@H](O)[C@@H](O)[C@@H]1n1cnc2c(NC)nc(C#Cc3cc4ccccc4o3)nc21. The van der Waals surface area contributed by atoms with E-state index in [4.69, 9.17) is 14.1 Å². The van der Waals surface area contributed by atoms with Gasteiger partial charge in [0.25, 0.3) is 0 Å². The Bertz CT molecular complexity index is 1450. The number of aliphatic hydroxyl groups is 2. The second kappa shape index (κ2) is 8.87. The fraction of sp³-hybridized carbons (Fsp3) is 0.423. The van der Waals surface area contributed by atoms with Crippen molar-refractivity contribution in [2.24, 2.45) is 11.8 Å². The minimum atomic E-state index is -0.989. The Labute approximate surface area is 207 Å². The highest BCUT2D eigenvalue weighted by atomic mass is 16.6. The summed E-state index contributed by atoms with van der Waals surface area (Å²) in [7, 11) is 3.59. The number of rotatable bonds is 5. The van der Waals surface area contributed by atoms with Gasteiger partial charge in [0.2, 0.25) is 5.82 Å². The average Bonchev–Trinajstić information content (AvgIpc) is 3.23. The number of anilines is 1. The molecule has 2 unspecified atom stereocenters. The summed E-state index contributed by atoms with van der Waals surface area (Å²) in [5.41, 5.74) is 1.88. The highest BCUT2D eigenvalue weighted by Crippen LogP contribution is 2.49. The van der Waals surface area contributed by atoms with Gasteiger partial charge in [-0.1, -0.05) is 31.5 Å². The van der Waals surface area contributed by atoms with E-state index < -0.39 is 18.2 Å². The lowest BCUT2D eigenvalue weighted by Gasteiger charge is -2.24. The fourth-order valence-electron chi connectivity index (χ4n) is 5.66. The van der Waals surface area contributed by atoms with E-state index in [0.29, 0.717) is 28.6 Å². The first-order valence-electron chi connectivity index (χ1n) is 12.2. The van der Waals surface area contributed by atoms with Crippen molar-refractivity contribution in [1.29, 1.82) is 0 Å². The van der Waals surface area contributed by atoms with Crippen LogP contribution in [0.5, 0.6) is 0 Å². The van der Waals surface area contributed by atoms with Crippen molar-refractivity contribution in [3.8, 4) is 11.8 Å². The van der Waals surface area contributed by atoms with Gasteiger partial charge >= 0.3 is 0 Å². The topological polar surface area (TPSA) is 134 Å². The van der Waals surface area contributed by atoms with Crippen LogP contribution in [-0.4, -0.2) is 68.4 Å². The molecule has 4 heterocycles. The largest absolute Gasteiger partial charge is 0.448 e. The van der Waals surface area contributed by atoms with Crippen LogP contribution in [0.2, 0.25) is 0 Å². The number of ether oxygens (including phenoxy) is 1. The molecule has 2 aliphatic rings. The summed E-state index contributed by atoms with van der Waals surface area (Å²) in [5, 5.41) is 29.3. The van der Waals surface area contributed by atoms with E-state index in [0.717, 1.165) is 17.4 Å². The summed E-state index contributed by atoms with van der Waals surface area (Å²) < 4.78 is 13.4. The lowest BCUT2D eigenvalue weighted by atomic mass is 9.87. The van der Waals surface area contributed by atoms with Crippen molar-refractivity contribution in [2.75, 3.05) is 19.4 Å². The summed E-state index contributed by atoms with van der Waals surface area (Å²) in [6.07, 6.45) is 0.253. The van der Waals surface area contributed by atoms with Gasteiger partial charge in [0.1, 0.15) is 24.0 Å². The number of nitrogens with one attached hydrogen (secondary N) is 2. The molecule has 1 saturated heterocycles. The maximum absolute atomic E-state index is 11.1. The molecule has 2 fully saturated rings. The number of likely N-dealkylation sites (N-methyl/N-ethyl adjacent to an activating group) is 1. The first-order chi connectivity index (χ1) is 17.5. The van der Waals surface area contributed by atoms with Gasteiger partial charge in [-0.3, -0.25) is 5.32 Å². The number of hydrogen-bond donors (Lipinski definition) is 4. The second-order valence-electron chi connectivity index (χ2n) is 9.30. The van der Waals surface area contributed by atoms with Crippen molar-refractivity contribution < 1.29 is 19.4 Å². The number of benzene rings is 1. The van der Waals surface area contributed by atoms with Crippen molar-refractivity contribution in [1.82, 2.24) is 24.8 Å². The number of fused-ring (bicyclic) bond motifs is 2. The van der Waals surface area contributed by atoms with Gasteiger partial charge < -0.3 is 29.3 Å². The van der Waals surface area contributed by atoms with Gasteiger partial charge in [-0.15, -0.1) is 0 Å². The Morgan fingerprint density at radius 3 is 2.67 bits per heavy atom. The quantitative estimate of drug-likeness (QED) is 0.245. The molecule has 6 rings (SSSR count). The number of nitrogens with zero attached hydrogens (tertiary/aromatic N) is 4. The number of para-hydroxylation sites is 1. The smallest absolute Gasteiger partial charge is 0.209 e. The molecule has 4 aromatic rings. The van der Waals surface area contributed by atoms with Gasteiger partial charge in [-0.05, 0) is 30.9 Å². The normalized spacial score (nSPS) is 29.4. The van der Waals surface area contributed by atoms with E-state index in [2.05, 4.69) is 39.4 Å². The summed E-state index contributed by atoms with van der Waals surface area (Å²) in [6, 6.07) is 9.18. The zero-order valence-corrected chi connectivity index (χ0v) is 20.2. The maximum atomic E-state index is 11.1. The summed E-state index contributed by atoms with van der Waals surface area (Å²) in [5.74, 6) is 7.13. The molecule has 1 aliphatic carbocycles. The first kappa shape index (κ1) is 22.9. The van der Waals surface area contributed by atoms with Crippen LogP contribution in [0, 0.1) is 23.7 Å². The van der Waals surface area contributed by atoms with Crippen LogP contribution in [0.15, 0.2) is 41.1 Å². The third-order valence-electron chi connectivity index (χ3n) is 7.39. The Balaban J connectivity index is 1.40. The monoisotopic (exact) mass is 488 g/mol. The number of epoxide rings is 1. The highest BCUT2D eigenvalue weighted by Gasteiger charge is 2.59. The van der Waals surface area contributed by atoms with Gasteiger partial charge in [-0.25, -0.2) is 15.0 Å². The predicted octanol–water partition coefficient (Wildman–Crippen LogP) is 1.88. The third-order valence-corrected chi connectivity index (χ3v) is 7.39. The average molecular weight is 489 g/mol. The molecular formula is C26H28N6O4. The highest BCUT2D eigenvalue weighted by molar-refractivity contribution is 5.83. The molecule has 36 heavy (non-hydrogen) atoms. The molecule has 0 amide bonds. The first-order valence-corrected chi connectivity index (χ1v) is 12.2. The molecule has 10 nitrogen and oxygen atoms in total. The van der Waals surface area contributed by atoms with Crippen molar-refractivity contribution in [2.45, 2.75) is 43.9 Å². The summed E-state index contributed by atoms with van der Waals surface area (Å²) in [6.45, 7) is 2.06. The molecular weight excluding hydrogens is 460 g/mol. The Hall–Kier alpha value is -3.49. The van der Waals surface area contributed by atoms with Gasteiger partial charge in [0.05, 0.1) is 18.5 Å². The molecule has 1 aromatic carbocycles. The number of aromatic nitrogens is 4. The third kappa shape index (κ3) is 3.63. The van der Waals surface area contributed by atoms with Crippen molar-refractivity contribution >= 4 is 28.0 Å². The molecule has 4 N–H and O–H groups in total. The van der Waals surface area contributed by atoms with Crippen molar-refractivity contribution in [3.05, 3.63) is 48.2 Å². The minimum absolute atomic E-state index is 0.0335. The zero-order valence-electron chi connectivity index (χ0n) is 20.2. The predicted molar refractivity (Wildman–Crippen MR) is 133 cm³/mol. The van der Waals surface area contributed by atoms with Crippen LogP contribution >= 0.6 is 0 Å².